The summed E-state index contributed by atoms with van der Waals surface area (Å²) in [4.78, 5) is 25.5. The van der Waals surface area contributed by atoms with E-state index >= 15 is 0 Å². The lowest BCUT2D eigenvalue weighted by Gasteiger charge is -2.37. The zero-order valence-electron chi connectivity index (χ0n) is 12.0. The maximum atomic E-state index is 12.0. The Hall–Kier alpha value is -1.14. The van der Waals surface area contributed by atoms with E-state index in [1.807, 2.05) is 6.92 Å². The van der Waals surface area contributed by atoms with E-state index in [0.717, 1.165) is 6.42 Å². The number of hydrogen-bond acceptors (Lipinski definition) is 4. The van der Waals surface area contributed by atoms with Crippen LogP contribution in [0.4, 0.5) is 0 Å². The van der Waals surface area contributed by atoms with Crippen molar-refractivity contribution in [3.8, 4) is 0 Å². The molecule has 0 spiro atoms. The van der Waals surface area contributed by atoms with Gasteiger partial charge in [-0.15, -0.1) is 0 Å². The second-order valence-corrected chi connectivity index (χ2v) is 4.64. The molecule has 1 fully saturated rings. The van der Waals surface area contributed by atoms with Crippen molar-refractivity contribution in [2.24, 2.45) is 0 Å². The number of methoxy groups -OCH3 is 1. The fourth-order valence-corrected chi connectivity index (χ4v) is 2.16. The quantitative estimate of drug-likeness (QED) is 0.639. The molecule has 2 atom stereocenters. The largest absolute Gasteiger partial charge is 0.385 e. The van der Waals surface area contributed by atoms with Crippen LogP contribution in [0, 0.1) is 0 Å². The van der Waals surface area contributed by atoms with Gasteiger partial charge >= 0.3 is 0 Å². The van der Waals surface area contributed by atoms with Crippen LogP contribution in [0.5, 0.6) is 0 Å². The molecule has 19 heavy (non-hydrogen) atoms. The summed E-state index contributed by atoms with van der Waals surface area (Å²) in [5.41, 5.74) is 0. The molecule has 0 aromatic rings. The number of nitrogens with zero attached hydrogens (tertiary/aromatic N) is 1. The minimum atomic E-state index is -0.441. The van der Waals surface area contributed by atoms with Crippen molar-refractivity contribution >= 4 is 11.8 Å². The van der Waals surface area contributed by atoms with Crippen molar-refractivity contribution in [2.75, 3.05) is 33.5 Å². The van der Waals surface area contributed by atoms with Gasteiger partial charge in [0.25, 0.3) is 0 Å². The third-order valence-corrected chi connectivity index (χ3v) is 3.19. The molecule has 0 radical (unpaired) electrons. The van der Waals surface area contributed by atoms with Gasteiger partial charge in [0.2, 0.25) is 11.8 Å². The Labute approximate surface area is 114 Å². The van der Waals surface area contributed by atoms with Gasteiger partial charge in [-0.2, -0.15) is 0 Å². The average Bonchev–Trinajstić information content (AvgIpc) is 2.39. The van der Waals surface area contributed by atoms with Crippen LogP contribution in [0.2, 0.25) is 0 Å². The summed E-state index contributed by atoms with van der Waals surface area (Å²) in [7, 11) is 1.65. The van der Waals surface area contributed by atoms with Gasteiger partial charge in [-0.1, -0.05) is 6.92 Å². The molecule has 0 aromatic heterocycles. The Bertz CT molecular complexity index is 309. The van der Waals surface area contributed by atoms with E-state index in [-0.39, 0.29) is 17.9 Å². The molecule has 0 aromatic carbocycles. The number of carbonyl (C=O) groups excluding carboxylic acids is 2. The van der Waals surface area contributed by atoms with Gasteiger partial charge in [0.05, 0.1) is 6.61 Å². The zero-order valence-corrected chi connectivity index (χ0v) is 12.0. The zero-order chi connectivity index (χ0) is 14.3. The van der Waals surface area contributed by atoms with Gasteiger partial charge in [-0.05, 0) is 19.8 Å². The monoisotopic (exact) mass is 272 g/mol. The molecular weight excluding hydrogens is 248 g/mol. The maximum absolute atomic E-state index is 12.0. The number of piperazine rings is 1. The number of nitrogens with one attached hydrogen (secondary N) is 1. The van der Waals surface area contributed by atoms with Gasteiger partial charge in [0, 0.05) is 26.9 Å². The molecule has 1 rings (SSSR count). The number of carbonyl (C=O) groups is 2. The lowest BCUT2D eigenvalue weighted by Crippen LogP contribution is -2.62. The lowest BCUT2D eigenvalue weighted by molar-refractivity contribution is -0.149. The van der Waals surface area contributed by atoms with Crippen LogP contribution in [0.25, 0.3) is 0 Å². The van der Waals surface area contributed by atoms with Crippen LogP contribution < -0.4 is 5.32 Å². The Morgan fingerprint density at radius 3 is 2.63 bits per heavy atom. The number of amides is 2. The number of ether oxygens (including phenoxy) is 2. The summed E-state index contributed by atoms with van der Waals surface area (Å²) in [6.07, 6.45) is 1.45. The number of rotatable bonds is 8. The normalized spacial score (nSPS) is 23.6. The molecular formula is C13H24N2O4. The highest BCUT2D eigenvalue weighted by Crippen LogP contribution is 2.12. The molecule has 1 N–H and O–H groups in total. The van der Waals surface area contributed by atoms with Crippen molar-refractivity contribution in [2.45, 2.75) is 38.8 Å². The standard InChI is InChI=1S/C13H24N2O4/c1-4-11-12(16)14-10(2)13(17)15(11)6-9-19-8-5-7-18-3/h10-11H,4-9H2,1-3H3,(H,14,16). The minimum Gasteiger partial charge on any atom is -0.385 e. The van der Waals surface area contributed by atoms with Gasteiger partial charge in [-0.25, -0.2) is 0 Å². The third-order valence-electron chi connectivity index (χ3n) is 3.19. The van der Waals surface area contributed by atoms with Gasteiger partial charge in [-0.3, -0.25) is 9.59 Å². The van der Waals surface area contributed by atoms with E-state index in [0.29, 0.717) is 32.8 Å². The topological polar surface area (TPSA) is 67.9 Å². The third kappa shape index (κ3) is 4.47. The first-order valence-electron chi connectivity index (χ1n) is 6.79. The van der Waals surface area contributed by atoms with E-state index < -0.39 is 6.04 Å². The predicted octanol–water partition coefficient (Wildman–Crippen LogP) is 0.165. The van der Waals surface area contributed by atoms with Gasteiger partial charge in [0.1, 0.15) is 12.1 Å². The molecule has 1 aliphatic rings. The first-order chi connectivity index (χ1) is 9.11. The Kier molecular flexibility index (Phi) is 6.80. The van der Waals surface area contributed by atoms with Gasteiger partial charge < -0.3 is 19.7 Å². The van der Waals surface area contributed by atoms with Crippen LogP contribution in [0.1, 0.15) is 26.7 Å². The molecule has 2 amide bonds. The summed E-state index contributed by atoms with van der Waals surface area (Å²) in [5, 5.41) is 2.69. The highest BCUT2D eigenvalue weighted by molar-refractivity contribution is 5.96. The van der Waals surface area contributed by atoms with Gasteiger partial charge in [0.15, 0.2) is 0 Å². The predicted molar refractivity (Wildman–Crippen MR) is 70.7 cm³/mol. The molecule has 0 saturated carbocycles. The Balaban J connectivity index is 2.39. The average molecular weight is 272 g/mol. The van der Waals surface area contributed by atoms with E-state index in [1.54, 1.807) is 18.9 Å². The molecule has 1 heterocycles. The molecule has 0 aliphatic carbocycles. The van der Waals surface area contributed by atoms with E-state index in [1.165, 1.54) is 0 Å². The molecule has 6 nitrogen and oxygen atoms in total. The van der Waals surface area contributed by atoms with E-state index in [2.05, 4.69) is 5.32 Å². The van der Waals surface area contributed by atoms with E-state index in [9.17, 15) is 9.59 Å². The fourth-order valence-electron chi connectivity index (χ4n) is 2.16. The van der Waals surface area contributed by atoms with Crippen molar-refractivity contribution in [1.82, 2.24) is 10.2 Å². The smallest absolute Gasteiger partial charge is 0.245 e. The highest BCUT2D eigenvalue weighted by Gasteiger charge is 2.36. The molecule has 6 heteroatoms. The first-order valence-corrected chi connectivity index (χ1v) is 6.79. The fraction of sp³-hybridized carbons (Fsp3) is 0.846. The van der Waals surface area contributed by atoms with E-state index in [4.69, 9.17) is 9.47 Å². The molecule has 1 aliphatic heterocycles. The van der Waals surface area contributed by atoms with Crippen LogP contribution in [-0.4, -0.2) is 62.3 Å². The molecule has 0 bridgehead atoms. The van der Waals surface area contributed by atoms with Crippen LogP contribution >= 0.6 is 0 Å². The summed E-state index contributed by atoms with van der Waals surface area (Å²) in [5.74, 6) is -0.110. The van der Waals surface area contributed by atoms with Crippen LogP contribution in [0.3, 0.4) is 0 Å². The molecule has 1 saturated heterocycles. The molecule has 2 unspecified atom stereocenters. The number of hydrogen-bond donors (Lipinski definition) is 1. The summed E-state index contributed by atoms with van der Waals surface area (Å²) < 4.78 is 10.4. The molecule has 110 valence electrons. The van der Waals surface area contributed by atoms with Crippen molar-refractivity contribution in [1.29, 1.82) is 0 Å². The maximum Gasteiger partial charge on any atom is 0.245 e. The Morgan fingerprint density at radius 1 is 1.26 bits per heavy atom. The van der Waals surface area contributed by atoms with Crippen LogP contribution in [0.15, 0.2) is 0 Å². The second kappa shape index (κ2) is 8.12. The van der Waals surface area contributed by atoms with Crippen LogP contribution in [-0.2, 0) is 19.1 Å². The summed E-state index contributed by atoms with van der Waals surface area (Å²) in [6, 6.07) is -0.810. The van der Waals surface area contributed by atoms with Crippen molar-refractivity contribution in [3.63, 3.8) is 0 Å². The summed E-state index contributed by atoms with van der Waals surface area (Å²) >= 11 is 0. The SMILES string of the molecule is CCC1C(=O)NC(C)C(=O)N1CCOCCCOC. The highest BCUT2D eigenvalue weighted by atomic mass is 16.5. The van der Waals surface area contributed by atoms with Crippen molar-refractivity contribution < 1.29 is 19.1 Å². The first kappa shape index (κ1) is 15.9. The summed E-state index contributed by atoms with van der Waals surface area (Å²) in [6.45, 7) is 5.79. The second-order valence-electron chi connectivity index (χ2n) is 4.64. The Morgan fingerprint density at radius 2 is 2.00 bits per heavy atom. The minimum absolute atomic E-state index is 0.0352. The lowest BCUT2D eigenvalue weighted by atomic mass is 10.1. The van der Waals surface area contributed by atoms with Crippen molar-refractivity contribution in [3.05, 3.63) is 0 Å².